The molecular weight excluding hydrogens is 192 g/mol. The van der Waals surface area contributed by atoms with Crippen LogP contribution >= 0.6 is 0 Å². The van der Waals surface area contributed by atoms with Gasteiger partial charge < -0.3 is 0 Å². The maximum Gasteiger partial charge on any atom is 0.0405 e. The molecule has 0 aliphatic heterocycles. The van der Waals surface area contributed by atoms with E-state index in [9.17, 15) is 0 Å². The third-order valence-electron chi connectivity index (χ3n) is 2.49. The first-order chi connectivity index (χ1) is 7.80. The largest absolute Gasteiger partial charge is 0.115 e. The van der Waals surface area contributed by atoms with Crippen LogP contribution in [0.25, 0.3) is 10.8 Å². The third-order valence-corrected chi connectivity index (χ3v) is 2.49. The molecule has 0 saturated carbocycles. The minimum absolute atomic E-state index is 0.706. The first-order valence-corrected chi connectivity index (χ1v) is 4.76. The molecule has 0 aromatic heterocycles. The maximum absolute atomic E-state index is 5.44. The quantitative estimate of drug-likeness (QED) is 0.574. The second-order valence-corrected chi connectivity index (χ2v) is 3.36. The number of rotatable bonds is 0. The van der Waals surface area contributed by atoms with Gasteiger partial charge in [0.15, 0.2) is 0 Å². The molecule has 0 N–H and O–H groups in total. The molecule has 0 spiro atoms. The van der Waals surface area contributed by atoms with Crippen molar-refractivity contribution in [1.82, 2.24) is 0 Å². The van der Waals surface area contributed by atoms with E-state index in [4.69, 9.17) is 19.3 Å². The van der Waals surface area contributed by atoms with Gasteiger partial charge in [-0.25, -0.2) is 0 Å². The van der Waals surface area contributed by atoms with Crippen LogP contribution in [0.1, 0.15) is 16.7 Å². The summed E-state index contributed by atoms with van der Waals surface area (Å²) in [5.74, 6) is 7.80. The van der Waals surface area contributed by atoms with Crippen LogP contribution in [0.5, 0.6) is 0 Å². The summed E-state index contributed by atoms with van der Waals surface area (Å²) in [4.78, 5) is 0. The number of hydrogen-bond donors (Lipinski definition) is 0. The highest BCUT2D eigenvalue weighted by molar-refractivity contribution is 5.90. The summed E-state index contributed by atoms with van der Waals surface area (Å²) in [6.07, 6.45) is 16.2. The Balaban J connectivity index is 2.93. The van der Waals surface area contributed by atoms with Crippen LogP contribution in [0.15, 0.2) is 30.3 Å². The summed E-state index contributed by atoms with van der Waals surface area (Å²) < 4.78 is 0. The fraction of sp³-hybridized carbons (Fsp3) is 0. The lowest BCUT2D eigenvalue weighted by Crippen LogP contribution is -1.87. The van der Waals surface area contributed by atoms with Gasteiger partial charge in [-0.15, -0.1) is 19.3 Å². The van der Waals surface area contributed by atoms with Gasteiger partial charge in [0.05, 0.1) is 0 Å². The van der Waals surface area contributed by atoms with Crippen molar-refractivity contribution in [2.24, 2.45) is 0 Å². The van der Waals surface area contributed by atoms with Gasteiger partial charge >= 0.3 is 0 Å². The van der Waals surface area contributed by atoms with Crippen molar-refractivity contribution in [3.63, 3.8) is 0 Å². The Bertz CT molecular complexity index is 683. The smallest absolute Gasteiger partial charge is 0.0405 e. The number of hydrogen-bond acceptors (Lipinski definition) is 0. The number of fused-ring (bicyclic) bond motifs is 1. The van der Waals surface area contributed by atoms with Crippen LogP contribution in [-0.4, -0.2) is 0 Å². The number of terminal acetylenes is 3. The van der Waals surface area contributed by atoms with E-state index in [0.29, 0.717) is 5.56 Å². The summed E-state index contributed by atoms with van der Waals surface area (Å²) in [7, 11) is 0. The molecule has 0 aliphatic rings. The average Bonchev–Trinajstić information content (AvgIpc) is 2.36. The fourth-order valence-corrected chi connectivity index (χ4v) is 1.69. The third kappa shape index (κ3) is 1.42. The normalized spacial score (nSPS) is 9.06. The minimum Gasteiger partial charge on any atom is -0.115 e. The van der Waals surface area contributed by atoms with Gasteiger partial charge in [0, 0.05) is 16.7 Å². The molecule has 0 unspecified atom stereocenters. The van der Waals surface area contributed by atoms with Gasteiger partial charge in [0.1, 0.15) is 0 Å². The number of benzene rings is 2. The zero-order chi connectivity index (χ0) is 11.5. The predicted octanol–water partition coefficient (Wildman–Crippen LogP) is 2.78. The Hall–Kier alpha value is -2.62. The molecule has 72 valence electrons. The van der Waals surface area contributed by atoms with Gasteiger partial charge in [-0.2, -0.15) is 0 Å². The Labute approximate surface area is 95.3 Å². The molecule has 0 amide bonds. The highest BCUT2D eigenvalue weighted by Crippen LogP contribution is 2.22. The van der Waals surface area contributed by atoms with E-state index in [0.717, 1.165) is 21.9 Å². The molecule has 0 atom stereocenters. The Kier molecular flexibility index (Phi) is 2.39. The van der Waals surface area contributed by atoms with E-state index in [1.54, 1.807) is 0 Å². The van der Waals surface area contributed by atoms with Gasteiger partial charge in [-0.3, -0.25) is 0 Å². The van der Waals surface area contributed by atoms with E-state index in [2.05, 4.69) is 17.8 Å². The average molecular weight is 200 g/mol. The monoisotopic (exact) mass is 200 g/mol. The molecule has 0 fully saturated rings. The van der Waals surface area contributed by atoms with Crippen molar-refractivity contribution in [2.75, 3.05) is 0 Å². The Morgan fingerprint density at radius 1 is 0.750 bits per heavy atom. The van der Waals surface area contributed by atoms with Crippen molar-refractivity contribution in [3.05, 3.63) is 47.0 Å². The summed E-state index contributed by atoms with van der Waals surface area (Å²) in [5.41, 5.74) is 2.26. The standard InChI is InChI=1S/C16H8/c1-4-12-8-7-9-15-10-13(5-2)14(6-3)11-16(12)15/h1-3,7-11H. The van der Waals surface area contributed by atoms with Crippen LogP contribution in [0.4, 0.5) is 0 Å². The van der Waals surface area contributed by atoms with Gasteiger partial charge in [-0.1, -0.05) is 29.9 Å². The van der Waals surface area contributed by atoms with Crippen molar-refractivity contribution in [2.45, 2.75) is 0 Å². The second-order valence-electron chi connectivity index (χ2n) is 3.36. The molecule has 0 bridgehead atoms. The molecule has 0 nitrogen and oxygen atoms in total. The van der Waals surface area contributed by atoms with Crippen LogP contribution in [0, 0.1) is 37.0 Å². The highest BCUT2D eigenvalue weighted by atomic mass is 14.1. The lowest BCUT2D eigenvalue weighted by atomic mass is 9.98. The second kappa shape index (κ2) is 3.86. The maximum atomic E-state index is 5.44. The first-order valence-electron chi connectivity index (χ1n) is 4.76. The minimum atomic E-state index is 0.706. The van der Waals surface area contributed by atoms with Crippen molar-refractivity contribution in [1.29, 1.82) is 0 Å². The van der Waals surface area contributed by atoms with E-state index >= 15 is 0 Å². The lowest BCUT2D eigenvalue weighted by molar-refractivity contribution is 1.62. The molecule has 0 heteroatoms. The zero-order valence-electron chi connectivity index (χ0n) is 8.62. The molecule has 2 aromatic carbocycles. The van der Waals surface area contributed by atoms with Crippen LogP contribution in [-0.2, 0) is 0 Å². The molecule has 0 radical (unpaired) electrons. The van der Waals surface area contributed by atoms with E-state index in [1.807, 2.05) is 30.3 Å². The molecular formula is C16H8. The Morgan fingerprint density at radius 2 is 1.38 bits per heavy atom. The van der Waals surface area contributed by atoms with Crippen LogP contribution in [0.2, 0.25) is 0 Å². The van der Waals surface area contributed by atoms with E-state index in [1.165, 1.54) is 0 Å². The predicted molar refractivity (Wildman–Crippen MR) is 67.8 cm³/mol. The van der Waals surface area contributed by atoms with Gasteiger partial charge in [0.2, 0.25) is 0 Å². The molecule has 0 aliphatic carbocycles. The zero-order valence-corrected chi connectivity index (χ0v) is 8.62. The van der Waals surface area contributed by atoms with Crippen LogP contribution in [0.3, 0.4) is 0 Å². The molecule has 0 heterocycles. The van der Waals surface area contributed by atoms with Gasteiger partial charge in [-0.05, 0) is 29.0 Å². The lowest BCUT2D eigenvalue weighted by Gasteiger charge is -2.04. The summed E-state index contributed by atoms with van der Waals surface area (Å²) in [6.45, 7) is 0. The highest BCUT2D eigenvalue weighted by Gasteiger charge is 2.03. The Morgan fingerprint density at radius 3 is 2.00 bits per heavy atom. The van der Waals surface area contributed by atoms with Crippen molar-refractivity contribution in [3.8, 4) is 37.0 Å². The topological polar surface area (TPSA) is 0 Å². The van der Waals surface area contributed by atoms with E-state index < -0.39 is 0 Å². The molecule has 0 saturated heterocycles. The molecule has 2 rings (SSSR count). The van der Waals surface area contributed by atoms with Crippen LogP contribution < -0.4 is 0 Å². The summed E-state index contributed by atoms with van der Waals surface area (Å²) in [5, 5.41) is 1.99. The molecule has 16 heavy (non-hydrogen) atoms. The molecule has 2 aromatic rings. The fourth-order valence-electron chi connectivity index (χ4n) is 1.69. The van der Waals surface area contributed by atoms with Gasteiger partial charge in [0.25, 0.3) is 0 Å². The van der Waals surface area contributed by atoms with Crippen molar-refractivity contribution >= 4 is 10.8 Å². The van der Waals surface area contributed by atoms with Crippen molar-refractivity contribution < 1.29 is 0 Å². The summed E-state index contributed by atoms with van der Waals surface area (Å²) in [6, 6.07) is 9.54. The van der Waals surface area contributed by atoms with E-state index in [-0.39, 0.29) is 0 Å². The summed E-state index contributed by atoms with van der Waals surface area (Å²) >= 11 is 0. The first kappa shape index (κ1) is 9.92. The SMILES string of the molecule is C#Cc1cc2cccc(C#C)c2cc1C#C.